The lowest BCUT2D eigenvalue weighted by molar-refractivity contribution is 0.171. The maximum Gasteiger partial charge on any atom is 0.209 e. The smallest absolute Gasteiger partial charge is 0.209 e. The van der Waals surface area contributed by atoms with Gasteiger partial charge < -0.3 is 19.6 Å². The summed E-state index contributed by atoms with van der Waals surface area (Å²) in [5, 5.41) is 9.26. The second-order valence-electron chi connectivity index (χ2n) is 4.70. The predicted molar refractivity (Wildman–Crippen MR) is 73.7 cm³/mol. The van der Waals surface area contributed by atoms with E-state index in [1.165, 1.54) is 0 Å². The van der Waals surface area contributed by atoms with E-state index in [4.69, 9.17) is 19.6 Å². The Labute approximate surface area is 116 Å². The van der Waals surface area contributed by atoms with E-state index < -0.39 is 0 Å². The molecule has 1 aromatic heterocycles. The van der Waals surface area contributed by atoms with Crippen molar-refractivity contribution in [3.63, 3.8) is 0 Å². The first kappa shape index (κ1) is 12.4. The Morgan fingerprint density at radius 3 is 2.45 bits per heavy atom. The average Bonchev–Trinajstić information content (AvgIpc) is 2.72. The molecule has 2 N–H and O–H groups in total. The minimum absolute atomic E-state index is 0.147. The van der Waals surface area contributed by atoms with Crippen LogP contribution < -0.4 is 15.2 Å². The predicted octanol–water partition coefficient (Wildman–Crippen LogP) is 2.79. The molecule has 0 unspecified atom stereocenters. The Balaban J connectivity index is 2.23. The zero-order chi connectivity index (χ0) is 14.3. The van der Waals surface area contributed by atoms with Crippen LogP contribution in [0.5, 0.6) is 11.5 Å². The molecule has 0 spiro atoms. The van der Waals surface area contributed by atoms with Crippen molar-refractivity contribution in [2.24, 2.45) is 0 Å². The maximum absolute atomic E-state index is 9.26. The van der Waals surface area contributed by atoms with Gasteiger partial charge in [-0.3, -0.25) is 0 Å². The molecule has 0 saturated heterocycles. The molecule has 0 amide bonds. The highest BCUT2D eigenvalue weighted by molar-refractivity contribution is 5.81. The van der Waals surface area contributed by atoms with E-state index in [1.807, 2.05) is 19.1 Å². The Kier molecular flexibility index (Phi) is 2.79. The van der Waals surface area contributed by atoms with Crippen molar-refractivity contribution in [1.82, 2.24) is 0 Å². The fraction of sp³-hybridized carbons (Fsp3) is 0.267. The largest absolute Gasteiger partial charge is 0.486 e. The molecule has 5 heteroatoms. The lowest BCUT2D eigenvalue weighted by Gasteiger charge is -2.20. The van der Waals surface area contributed by atoms with Crippen molar-refractivity contribution in [3.05, 3.63) is 29.0 Å². The molecule has 0 atom stereocenters. The fourth-order valence-electron chi connectivity index (χ4n) is 2.46. The summed E-state index contributed by atoms with van der Waals surface area (Å²) in [6.07, 6.45) is 0. The van der Waals surface area contributed by atoms with Gasteiger partial charge in [-0.15, -0.1) is 0 Å². The van der Waals surface area contributed by atoms with Gasteiger partial charge in [0.1, 0.15) is 30.6 Å². The van der Waals surface area contributed by atoms with Crippen LogP contribution in [0.3, 0.4) is 0 Å². The number of anilines is 1. The Bertz CT molecular complexity index is 726. The number of hydrogen-bond acceptors (Lipinski definition) is 5. The number of ether oxygens (including phenoxy) is 2. The van der Waals surface area contributed by atoms with Crippen molar-refractivity contribution >= 4 is 5.88 Å². The van der Waals surface area contributed by atoms with Crippen LogP contribution in [-0.4, -0.2) is 13.2 Å². The molecule has 0 fully saturated rings. The highest BCUT2D eigenvalue weighted by Crippen LogP contribution is 2.41. The minimum Gasteiger partial charge on any atom is -0.486 e. The molecule has 1 aliphatic heterocycles. The summed E-state index contributed by atoms with van der Waals surface area (Å²) >= 11 is 0. The summed E-state index contributed by atoms with van der Waals surface area (Å²) in [6.45, 7) is 4.82. The first-order chi connectivity index (χ1) is 9.61. The summed E-state index contributed by atoms with van der Waals surface area (Å²) in [4.78, 5) is 0. The van der Waals surface area contributed by atoms with Gasteiger partial charge >= 0.3 is 0 Å². The molecule has 0 aliphatic carbocycles. The standard InChI is InChI=1S/C15H14N2O3/c1-8-5-12-13(19-4-3-18-12)6-10(8)14-9(2)20-15(17)11(14)7-16/h5-6H,3-4,17H2,1-2H3. The first-order valence-electron chi connectivity index (χ1n) is 6.31. The van der Waals surface area contributed by atoms with Crippen LogP contribution in [0.4, 0.5) is 5.88 Å². The molecule has 0 bridgehead atoms. The SMILES string of the molecule is Cc1cc2c(cc1-c1c(C)oc(N)c1C#N)OCCO2. The number of nitriles is 1. The Morgan fingerprint density at radius 1 is 1.15 bits per heavy atom. The molecule has 102 valence electrons. The van der Waals surface area contributed by atoms with Gasteiger partial charge in [0.25, 0.3) is 0 Å². The van der Waals surface area contributed by atoms with Crippen molar-refractivity contribution in [1.29, 1.82) is 5.26 Å². The van der Waals surface area contributed by atoms with Gasteiger partial charge in [-0.1, -0.05) is 0 Å². The number of aryl methyl sites for hydroxylation is 2. The summed E-state index contributed by atoms with van der Waals surface area (Å²) < 4.78 is 16.5. The molecular formula is C15H14N2O3. The molecule has 20 heavy (non-hydrogen) atoms. The second kappa shape index (κ2) is 4.49. The maximum atomic E-state index is 9.26. The van der Waals surface area contributed by atoms with Crippen molar-refractivity contribution in [2.45, 2.75) is 13.8 Å². The Hall–Kier alpha value is -2.61. The van der Waals surface area contributed by atoms with Gasteiger partial charge in [-0.05, 0) is 37.1 Å². The van der Waals surface area contributed by atoms with Crippen LogP contribution in [0, 0.1) is 25.2 Å². The van der Waals surface area contributed by atoms with E-state index in [9.17, 15) is 5.26 Å². The van der Waals surface area contributed by atoms with E-state index in [2.05, 4.69) is 6.07 Å². The van der Waals surface area contributed by atoms with Gasteiger partial charge in [0, 0.05) is 5.56 Å². The highest BCUT2D eigenvalue weighted by atomic mass is 16.6. The first-order valence-corrected chi connectivity index (χ1v) is 6.31. The molecule has 2 heterocycles. The van der Waals surface area contributed by atoms with Crippen LogP contribution >= 0.6 is 0 Å². The number of rotatable bonds is 1. The number of nitrogens with two attached hydrogens (primary N) is 1. The quantitative estimate of drug-likeness (QED) is 0.861. The van der Waals surface area contributed by atoms with Crippen LogP contribution in [0.1, 0.15) is 16.9 Å². The van der Waals surface area contributed by atoms with Crippen molar-refractivity contribution < 1.29 is 13.9 Å². The van der Waals surface area contributed by atoms with Gasteiger partial charge in [-0.2, -0.15) is 5.26 Å². The monoisotopic (exact) mass is 270 g/mol. The molecular weight excluding hydrogens is 256 g/mol. The van der Waals surface area contributed by atoms with Crippen LogP contribution in [0.25, 0.3) is 11.1 Å². The number of fused-ring (bicyclic) bond motifs is 1. The van der Waals surface area contributed by atoms with Gasteiger partial charge in [0.15, 0.2) is 11.5 Å². The van der Waals surface area contributed by atoms with E-state index in [1.54, 1.807) is 6.92 Å². The van der Waals surface area contributed by atoms with Crippen LogP contribution in [0.15, 0.2) is 16.5 Å². The lowest BCUT2D eigenvalue weighted by atomic mass is 9.97. The fourth-order valence-corrected chi connectivity index (χ4v) is 2.46. The molecule has 5 nitrogen and oxygen atoms in total. The average molecular weight is 270 g/mol. The molecule has 2 aromatic rings. The topological polar surface area (TPSA) is 81.4 Å². The Morgan fingerprint density at radius 2 is 1.80 bits per heavy atom. The number of nitrogen functional groups attached to an aromatic ring is 1. The zero-order valence-corrected chi connectivity index (χ0v) is 11.3. The normalized spacial score (nSPS) is 13.1. The van der Waals surface area contributed by atoms with E-state index >= 15 is 0 Å². The minimum atomic E-state index is 0.147. The van der Waals surface area contributed by atoms with Gasteiger partial charge in [0.2, 0.25) is 5.88 Å². The number of nitrogens with zero attached hydrogens (tertiary/aromatic N) is 1. The third kappa shape index (κ3) is 1.77. The second-order valence-corrected chi connectivity index (χ2v) is 4.70. The van der Waals surface area contributed by atoms with E-state index in [-0.39, 0.29) is 5.88 Å². The molecule has 0 radical (unpaired) electrons. The molecule has 1 aliphatic rings. The van der Waals surface area contributed by atoms with Gasteiger partial charge in [0.05, 0.1) is 0 Å². The van der Waals surface area contributed by atoms with Crippen molar-refractivity contribution in [2.75, 3.05) is 18.9 Å². The number of furan rings is 1. The summed E-state index contributed by atoms with van der Waals surface area (Å²) in [5.41, 5.74) is 8.68. The highest BCUT2D eigenvalue weighted by Gasteiger charge is 2.22. The van der Waals surface area contributed by atoms with Crippen molar-refractivity contribution in [3.8, 4) is 28.7 Å². The number of hydrogen-bond donors (Lipinski definition) is 1. The summed E-state index contributed by atoms with van der Waals surface area (Å²) in [5.74, 6) is 2.18. The van der Waals surface area contributed by atoms with Crippen LogP contribution in [0.2, 0.25) is 0 Å². The molecule has 0 saturated carbocycles. The zero-order valence-electron chi connectivity index (χ0n) is 11.3. The van der Waals surface area contributed by atoms with Gasteiger partial charge in [-0.25, -0.2) is 0 Å². The molecule has 3 rings (SSSR count). The summed E-state index contributed by atoms with van der Waals surface area (Å²) in [6, 6.07) is 5.89. The number of benzene rings is 1. The lowest BCUT2D eigenvalue weighted by Crippen LogP contribution is -2.15. The third-order valence-corrected chi connectivity index (χ3v) is 3.38. The van der Waals surface area contributed by atoms with E-state index in [0.717, 1.165) is 22.4 Å². The van der Waals surface area contributed by atoms with E-state index in [0.29, 0.717) is 30.3 Å². The molecule has 1 aromatic carbocycles. The van der Waals surface area contributed by atoms with Crippen LogP contribution in [-0.2, 0) is 0 Å². The summed E-state index contributed by atoms with van der Waals surface area (Å²) in [7, 11) is 0. The third-order valence-electron chi connectivity index (χ3n) is 3.38.